The second-order valence-corrected chi connectivity index (χ2v) is 5.97. The van der Waals surface area contributed by atoms with Gasteiger partial charge >= 0.3 is 0 Å². The van der Waals surface area contributed by atoms with E-state index < -0.39 is 0 Å². The van der Waals surface area contributed by atoms with Crippen molar-refractivity contribution < 1.29 is 4.74 Å². The molecule has 0 fully saturated rings. The van der Waals surface area contributed by atoms with Crippen LogP contribution in [-0.2, 0) is 0 Å². The molecular formula is C14H15BrOS. The maximum absolute atomic E-state index is 5.22. The summed E-state index contributed by atoms with van der Waals surface area (Å²) in [6.45, 7) is 4.27. The summed E-state index contributed by atoms with van der Waals surface area (Å²) in [5.74, 6) is 0.930. The minimum Gasteiger partial charge on any atom is -0.496 e. The molecule has 0 bridgehead atoms. The molecule has 0 spiro atoms. The zero-order valence-electron chi connectivity index (χ0n) is 10.2. The number of methoxy groups -OCH3 is 1. The van der Waals surface area contributed by atoms with Crippen molar-refractivity contribution in [3.8, 4) is 5.75 Å². The maximum atomic E-state index is 5.22. The van der Waals surface area contributed by atoms with Gasteiger partial charge in [0.2, 0.25) is 0 Å². The summed E-state index contributed by atoms with van der Waals surface area (Å²) in [4.78, 5) is 1.52. The summed E-state index contributed by atoms with van der Waals surface area (Å²) in [5, 5.41) is 2.04. The van der Waals surface area contributed by atoms with Gasteiger partial charge in [-0.25, -0.2) is 0 Å². The fourth-order valence-electron chi connectivity index (χ4n) is 1.76. The predicted octanol–water partition coefficient (Wildman–Crippen LogP) is 4.86. The van der Waals surface area contributed by atoms with E-state index in [1.807, 2.05) is 5.38 Å². The van der Waals surface area contributed by atoms with Crippen molar-refractivity contribution in [2.45, 2.75) is 18.7 Å². The summed E-state index contributed by atoms with van der Waals surface area (Å²) < 4.78 is 5.22. The molecule has 1 nitrogen and oxygen atoms in total. The number of alkyl halides is 1. The fraction of sp³-hybridized carbons (Fsp3) is 0.286. The fourth-order valence-corrected chi connectivity index (χ4v) is 3.56. The van der Waals surface area contributed by atoms with Gasteiger partial charge in [0.05, 0.1) is 11.9 Å². The Balaban J connectivity index is 2.35. The number of aryl methyl sites for hydroxylation is 2. The molecule has 0 amide bonds. The number of hydrogen-bond donors (Lipinski definition) is 0. The average Bonchev–Trinajstić information content (AvgIpc) is 2.80. The first-order valence-corrected chi connectivity index (χ1v) is 7.25. The molecule has 1 aromatic heterocycles. The summed E-state index contributed by atoms with van der Waals surface area (Å²) in [6, 6.07) is 8.64. The Labute approximate surface area is 115 Å². The van der Waals surface area contributed by atoms with Gasteiger partial charge in [-0.15, -0.1) is 11.3 Å². The molecule has 1 unspecified atom stereocenters. The van der Waals surface area contributed by atoms with Gasteiger partial charge in [0.1, 0.15) is 5.75 Å². The van der Waals surface area contributed by atoms with E-state index in [1.54, 1.807) is 18.4 Å². The first-order chi connectivity index (χ1) is 8.11. The van der Waals surface area contributed by atoms with E-state index in [9.17, 15) is 0 Å². The molecule has 3 heteroatoms. The average molecular weight is 311 g/mol. The molecule has 0 saturated carbocycles. The van der Waals surface area contributed by atoms with Crippen molar-refractivity contribution in [2.24, 2.45) is 0 Å². The van der Waals surface area contributed by atoms with Crippen molar-refractivity contribution in [2.75, 3.05) is 7.11 Å². The molecule has 0 N–H and O–H groups in total. The number of hydrogen-bond acceptors (Lipinski definition) is 2. The van der Waals surface area contributed by atoms with E-state index in [2.05, 4.69) is 54.0 Å². The van der Waals surface area contributed by atoms with Gasteiger partial charge in [-0.2, -0.15) is 0 Å². The highest BCUT2D eigenvalue weighted by Crippen LogP contribution is 2.38. The zero-order chi connectivity index (χ0) is 12.4. The normalized spacial score (nSPS) is 12.5. The Morgan fingerprint density at radius 3 is 2.65 bits per heavy atom. The predicted molar refractivity (Wildman–Crippen MR) is 77.6 cm³/mol. The number of rotatable bonds is 3. The van der Waals surface area contributed by atoms with Crippen LogP contribution >= 0.6 is 27.3 Å². The molecule has 1 aromatic carbocycles. The van der Waals surface area contributed by atoms with Crippen LogP contribution in [0.3, 0.4) is 0 Å². The maximum Gasteiger partial charge on any atom is 0.129 e. The van der Waals surface area contributed by atoms with Crippen molar-refractivity contribution in [3.05, 3.63) is 51.2 Å². The van der Waals surface area contributed by atoms with E-state index in [0.29, 0.717) is 0 Å². The number of benzene rings is 1. The van der Waals surface area contributed by atoms with Crippen LogP contribution in [0.15, 0.2) is 29.6 Å². The van der Waals surface area contributed by atoms with Crippen LogP contribution in [-0.4, -0.2) is 7.11 Å². The molecule has 2 aromatic rings. The summed E-state index contributed by atoms with van der Waals surface area (Å²) in [5.41, 5.74) is 3.93. The quantitative estimate of drug-likeness (QED) is 0.736. The lowest BCUT2D eigenvalue weighted by molar-refractivity contribution is 0.416. The van der Waals surface area contributed by atoms with Gasteiger partial charge < -0.3 is 4.74 Å². The molecule has 0 radical (unpaired) electrons. The summed E-state index contributed by atoms with van der Waals surface area (Å²) in [6.07, 6.45) is 0. The molecule has 0 aliphatic rings. The number of thiophene rings is 1. The Morgan fingerprint density at radius 1 is 1.24 bits per heavy atom. The van der Waals surface area contributed by atoms with Crippen LogP contribution < -0.4 is 4.74 Å². The van der Waals surface area contributed by atoms with Crippen LogP contribution in [0.1, 0.15) is 26.4 Å². The SMILES string of the molecule is COc1csc(C(Br)c2cc(C)ccc2C)c1. The third kappa shape index (κ3) is 2.72. The van der Waals surface area contributed by atoms with Gasteiger partial charge in [0, 0.05) is 10.3 Å². The van der Waals surface area contributed by atoms with Crippen LogP contribution in [0.25, 0.3) is 0 Å². The highest BCUT2D eigenvalue weighted by atomic mass is 79.9. The molecule has 90 valence electrons. The van der Waals surface area contributed by atoms with Gasteiger partial charge in [-0.05, 0) is 31.0 Å². The van der Waals surface area contributed by atoms with Crippen molar-refractivity contribution in [1.29, 1.82) is 0 Å². The van der Waals surface area contributed by atoms with Crippen LogP contribution in [0, 0.1) is 13.8 Å². The third-order valence-electron chi connectivity index (χ3n) is 2.79. The third-order valence-corrected chi connectivity index (χ3v) is 5.05. The highest BCUT2D eigenvalue weighted by molar-refractivity contribution is 9.09. The number of halogens is 1. The standard InChI is InChI=1S/C14H15BrOS/c1-9-4-5-10(2)12(6-9)14(15)13-7-11(16-3)8-17-13/h4-8,14H,1-3H3. The molecule has 0 saturated heterocycles. The topological polar surface area (TPSA) is 9.23 Å². The van der Waals surface area contributed by atoms with E-state index in [1.165, 1.54) is 21.6 Å². The van der Waals surface area contributed by atoms with Crippen molar-refractivity contribution >= 4 is 27.3 Å². The van der Waals surface area contributed by atoms with E-state index in [0.717, 1.165) is 5.75 Å². The lowest BCUT2D eigenvalue weighted by atomic mass is 10.0. The number of ether oxygens (including phenoxy) is 1. The van der Waals surface area contributed by atoms with Crippen LogP contribution in [0.5, 0.6) is 5.75 Å². The molecule has 17 heavy (non-hydrogen) atoms. The van der Waals surface area contributed by atoms with E-state index >= 15 is 0 Å². The van der Waals surface area contributed by atoms with Crippen molar-refractivity contribution in [1.82, 2.24) is 0 Å². The highest BCUT2D eigenvalue weighted by Gasteiger charge is 2.15. The summed E-state index contributed by atoms with van der Waals surface area (Å²) >= 11 is 5.50. The van der Waals surface area contributed by atoms with Gasteiger partial charge in [0.15, 0.2) is 0 Å². The molecule has 0 aliphatic carbocycles. The second-order valence-electron chi connectivity index (χ2n) is 4.11. The first-order valence-electron chi connectivity index (χ1n) is 5.45. The minimum absolute atomic E-state index is 0.247. The molecule has 0 aliphatic heterocycles. The second kappa shape index (κ2) is 5.23. The van der Waals surface area contributed by atoms with Gasteiger partial charge in [-0.3, -0.25) is 0 Å². The van der Waals surface area contributed by atoms with E-state index in [-0.39, 0.29) is 4.83 Å². The molecule has 1 atom stereocenters. The van der Waals surface area contributed by atoms with Gasteiger partial charge in [-0.1, -0.05) is 39.7 Å². The Bertz CT molecular complexity index is 519. The van der Waals surface area contributed by atoms with Crippen molar-refractivity contribution in [3.63, 3.8) is 0 Å². The molecule has 2 rings (SSSR count). The molecular weight excluding hydrogens is 296 g/mol. The zero-order valence-corrected chi connectivity index (χ0v) is 12.6. The Hall–Kier alpha value is -0.800. The molecule has 1 heterocycles. The summed E-state index contributed by atoms with van der Waals surface area (Å²) in [7, 11) is 1.70. The van der Waals surface area contributed by atoms with E-state index in [4.69, 9.17) is 4.74 Å². The van der Waals surface area contributed by atoms with Gasteiger partial charge in [0.25, 0.3) is 0 Å². The smallest absolute Gasteiger partial charge is 0.129 e. The monoisotopic (exact) mass is 310 g/mol. The lowest BCUT2D eigenvalue weighted by Gasteiger charge is -2.12. The largest absolute Gasteiger partial charge is 0.496 e. The lowest BCUT2D eigenvalue weighted by Crippen LogP contribution is -1.94. The van der Waals surface area contributed by atoms with Crippen LogP contribution in [0.4, 0.5) is 0 Å². The van der Waals surface area contributed by atoms with Crippen LogP contribution in [0.2, 0.25) is 0 Å². The Morgan fingerprint density at radius 2 is 2.00 bits per heavy atom. The Kier molecular flexibility index (Phi) is 3.89. The first kappa shape index (κ1) is 12.7. The minimum atomic E-state index is 0.247.